The van der Waals surface area contributed by atoms with Gasteiger partial charge < -0.3 is 10.2 Å². The lowest BCUT2D eigenvalue weighted by molar-refractivity contribution is 0.665. The molecule has 1 N–H and O–H groups in total. The van der Waals surface area contributed by atoms with E-state index in [1.165, 1.54) is 12.8 Å². The highest BCUT2D eigenvalue weighted by atomic mass is 15.3. The van der Waals surface area contributed by atoms with Crippen molar-refractivity contribution in [3.8, 4) is 0 Å². The summed E-state index contributed by atoms with van der Waals surface area (Å²) < 4.78 is 0. The number of aromatic nitrogens is 3. The van der Waals surface area contributed by atoms with Crippen LogP contribution in [-0.4, -0.2) is 41.4 Å². The van der Waals surface area contributed by atoms with Gasteiger partial charge >= 0.3 is 0 Å². The molecule has 0 amide bonds. The third-order valence-electron chi connectivity index (χ3n) is 2.88. The van der Waals surface area contributed by atoms with Crippen LogP contribution in [0.15, 0.2) is 0 Å². The first kappa shape index (κ1) is 11.3. The minimum Gasteiger partial charge on any atom is -0.341 e. The van der Waals surface area contributed by atoms with Crippen molar-refractivity contribution in [1.82, 2.24) is 20.5 Å². The topological polar surface area (TPSA) is 53.9 Å². The van der Waals surface area contributed by atoms with E-state index in [-0.39, 0.29) is 0 Å². The average molecular weight is 221 g/mol. The lowest BCUT2D eigenvalue weighted by Crippen LogP contribution is -2.31. The van der Waals surface area contributed by atoms with Crippen molar-refractivity contribution < 1.29 is 0 Å². The fourth-order valence-electron chi connectivity index (χ4n) is 1.43. The van der Waals surface area contributed by atoms with E-state index in [2.05, 4.69) is 20.5 Å². The van der Waals surface area contributed by atoms with Gasteiger partial charge in [-0.05, 0) is 26.7 Å². The molecule has 1 saturated carbocycles. The Bertz CT molecular complexity index is 361. The van der Waals surface area contributed by atoms with E-state index in [1.807, 2.05) is 25.8 Å². The molecule has 0 aliphatic heterocycles. The number of nitrogens with zero attached hydrogens (tertiary/aromatic N) is 4. The highest BCUT2D eigenvalue weighted by molar-refractivity contribution is 5.28. The standard InChI is InChI=1S/C11H19N5/c1-8-9(2)14-15-11(13-8)16(3)7-6-12-10-4-5-10/h10,12H,4-7H2,1-3H3. The van der Waals surface area contributed by atoms with Gasteiger partial charge in [0.1, 0.15) is 0 Å². The maximum Gasteiger partial charge on any atom is 0.245 e. The van der Waals surface area contributed by atoms with Gasteiger partial charge in [0.25, 0.3) is 0 Å². The fraction of sp³-hybridized carbons (Fsp3) is 0.727. The van der Waals surface area contributed by atoms with Gasteiger partial charge in [-0.15, -0.1) is 5.10 Å². The Hall–Kier alpha value is -1.23. The van der Waals surface area contributed by atoms with E-state index in [0.29, 0.717) is 5.95 Å². The molecule has 0 unspecified atom stereocenters. The number of aryl methyl sites for hydroxylation is 2. The summed E-state index contributed by atoms with van der Waals surface area (Å²) in [7, 11) is 2.00. The summed E-state index contributed by atoms with van der Waals surface area (Å²) in [4.78, 5) is 6.45. The Morgan fingerprint density at radius 1 is 1.25 bits per heavy atom. The van der Waals surface area contributed by atoms with E-state index >= 15 is 0 Å². The molecule has 16 heavy (non-hydrogen) atoms. The highest BCUT2D eigenvalue weighted by Crippen LogP contribution is 2.18. The average Bonchev–Trinajstić information content (AvgIpc) is 3.06. The van der Waals surface area contributed by atoms with E-state index in [0.717, 1.165) is 30.5 Å². The van der Waals surface area contributed by atoms with Crippen LogP contribution >= 0.6 is 0 Å². The Kier molecular flexibility index (Phi) is 3.33. The second kappa shape index (κ2) is 4.74. The van der Waals surface area contributed by atoms with Crippen molar-refractivity contribution in [3.05, 3.63) is 11.4 Å². The molecule has 0 aromatic carbocycles. The summed E-state index contributed by atoms with van der Waals surface area (Å²) in [5, 5.41) is 11.6. The van der Waals surface area contributed by atoms with Gasteiger partial charge in [0.05, 0.1) is 11.4 Å². The maximum absolute atomic E-state index is 4.41. The van der Waals surface area contributed by atoms with Crippen LogP contribution in [0.25, 0.3) is 0 Å². The smallest absolute Gasteiger partial charge is 0.245 e. The van der Waals surface area contributed by atoms with E-state index in [4.69, 9.17) is 0 Å². The first-order valence-electron chi connectivity index (χ1n) is 5.79. The quantitative estimate of drug-likeness (QED) is 0.792. The van der Waals surface area contributed by atoms with Gasteiger partial charge in [-0.1, -0.05) is 0 Å². The lowest BCUT2D eigenvalue weighted by atomic mass is 10.4. The van der Waals surface area contributed by atoms with E-state index in [1.54, 1.807) is 0 Å². The Morgan fingerprint density at radius 2 is 2.00 bits per heavy atom. The van der Waals surface area contributed by atoms with Gasteiger partial charge in [0.2, 0.25) is 5.95 Å². The minimum absolute atomic E-state index is 0.709. The van der Waals surface area contributed by atoms with Gasteiger partial charge in [0, 0.05) is 26.2 Å². The van der Waals surface area contributed by atoms with Crippen molar-refractivity contribution in [2.75, 3.05) is 25.0 Å². The van der Waals surface area contributed by atoms with E-state index in [9.17, 15) is 0 Å². The van der Waals surface area contributed by atoms with Gasteiger partial charge in [-0.3, -0.25) is 0 Å². The number of rotatable bonds is 5. The number of nitrogens with one attached hydrogen (secondary N) is 1. The minimum atomic E-state index is 0.709. The molecule has 2 rings (SSSR count). The van der Waals surface area contributed by atoms with Crippen LogP contribution in [0.3, 0.4) is 0 Å². The normalized spacial score (nSPS) is 15.2. The number of anilines is 1. The van der Waals surface area contributed by atoms with Crippen LogP contribution in [0.5, 0.6) is 0 Å². The molecule has 0 radical (unpaired) electrons. The first-order valence-corrected chi connectivity index (χ1v) is 5.79. The molecule has 0 atom stereocenters. The summed E-state index contributed by atoms with van der Waals surface area (Å²) in [6.07, 6.45) is 2.65. The molecule has 0 saturated heterocycles. The maximum atomic E-state index is 4.41. The largest absolute Gasteiger partial charge is 0.341 e. The van der Waals surface area contributed by atoms with Gasteiger partial charge in [-0.25, -0.2) is 4.98 Å². The summed E-state index contributed by atoms with van der Waals surface area (Å²) >= 11 is 0. The zero-order chi connectivity index (χ0) is 11.5. The van der Waals surface area contributed by atoms with Crippen molar-refractivity contribution in [2.24, 2.45) is 0 Å². The highest BCUT2D eigenvalue weighted by Gasteiger charge is 2.20. The number of hydrogen-bond donors (Lipinski definition) is 1. The van der Waals surface area contributed by atoms with E-state index < -0.39 is 0 Å². The van der Waals surface area contributed by atoms with Gasteiger partial charge in [0.15, 0.2) is 0 Å². The predicted molar refractivity (Wildman–Crippen MR) is 63.6 cm³/mol. The number of hydrogen-bond acceptors (Lipinski definition) is 5. The van der Waals surface area contributed by atoms with Gasteiger partial charge in [-0.2, -0.15) is 5.10 Å². The van der Waals surface area contributed by atoms with Crippen LogP contribution in [0.2, 0.25) is 0 Å². The van der Waals surface area contributed by atoms with Crippen LogP contribution < -0.4 is 10.2 Å². The fourth-order valence-corrected chi connectivity index (χ4v) is 1.43. The van der Waals surface area contributed by atoms with Crippen LogP contribution in [0, 0.1) is 13.8 Å². The summed E-state index contributed by atoms with van der Waals surface area (Å²) in [5.41, 5.74) is 1.85. The zero-order valence-electron chi connectivity index (χ0n) is 10.2. The Balaban J connectivity index is 1.86. The summed E-state index contributed by atoms with van der Waals surface area (Å²) in [6, 6.07) is 0.757. The molecule has 5 heteroatoms. The summed E-state index contributed by atoms with van der Waals surface area (Å²) in [6.45, 7) is 5.79. The Morgan fingerprint density at radius 3 is 2.62 bits per heavy atom. The lowest BCUT2D eigenvalue weighted by Gasteiger charge is -2.17. The first-order chi connectivity index (χ1) is 7.66. The van der Waals surface area contributed by atoms with Crippen molar-refractivity contribution in [2.45, 2.75) is 32.7 Å². The third kappa shape index (κ3) is 2.88. The molecule has 5 nitrogen and oxygen atoms in total. The van der Waals surface area contributed by atoms with Crippen LogP contribution in [0.4, 0.5) is 5.95 Å². The van der Waals surface area contributed by atoms with Crippen LogP contribution in [-0.2, 0) is 0 Å². The molecule has 88 valence electrons. The summed E-state index contributed by atoms with van der Waals surface area (Å²) in [5.74, 6) is 0.709. The zero-order valence-corrected chi connectivity index (χ0v) is 10.2. The molecule has 1 aromatic heterocycles. The Labute approximate surface area is 96.3 Å². The molecular formula is C11H19N5. The molecule has 1 aliphatic rings. The second-order valence-electron chi connectivity index (χ2n) is 4.43. The molecule has 1 fully saturated rings. The molecular weight excluding hydrogens is 202 g/mol. The molecule has 1 aromatic rings. The van der Waals surface area contributed by atoms with Crippen molar-refractivity contribution in [1.29, 1.82) is 0 Å². The molecule has 0 bridgehead atoms. The number of likely N-dealkylation sites (N-methyl/N-ethyl adjacent to an activating group) is 1. The molecule has 1 heterocycles. The SMILES string of the molecule is Cc1nnc(N(C)CCNC2CC2)nc1C. The van der Waals surface area contributed by atoms with Crippen molar-refractivity contribution in [3.63, 3.8) is 0 Å². The molecule has 1 aliphatic carbocycles. The second-order valence-corrected chi connectivity index (χ2v) is 4.43. The third-order valence-corrected chi connectivity index (χ3v) is 2.88. The van der Waals surface area contributed by atoms with Crippen molar-refractivity contribution >= 4 is 5.95 Å². The van der Waals surface area contributed by atoms with Crippen LogP contribution in [0.1, 0.15) is 24.2 Å². The predicted octanol–water partition coefficient (Wildman–Crippen LogP) is 0.677. The molecule has 0 spiro atoms. The monoisotopic (exact) mass is 221 g/mol.